The van der Waals surface area contributed by atoms with Crippen LogP contribution in [-0.2, 0) is 11.3 Å². The second-order valence-electron chi connectivity index (χ2n) is 4.80. The van der Waals surface area contributed by atoms with E-state index < -0.39 is 0 Å². The average molecular weight is 280 g/mol. The van der Waals surface area contributed by atoms with Gasteiger partial charge in [-0.3, -0.25) is 0 Å². The Kier molecular flexibility index (Phi) is 6.02. The van der Waals surface area contributed by atoms with E-state index in [1.54, 1.807) is 0 Å². The van der Waals surface area contributed by atoms with Gasteiger partial charge in [0.1, 0.15) is 0 Å². The summed E-state index contributed by atoms with van der Waals surface area (Å²) in [6, 6.07) is 18.1. The number of aliphatic hydroxyl groups excluding tert-OH is 1. The first-order valence-electron chi connectivity index (χ1n) is 7.15. The van der Waals surface area contributed by atoms with Gasteiger partial charge in [-0.25, -0.2) is 0 Å². The SMILES string of the molecule is CC(OCc1ccccc1C#CCCO)c1ccccc1. The van der Waals surface area contributed by atoms with E-state index in [0.29, 0.717) is 13.0 Å². The number of aliphatic hydroxyl groups is 1. The molecule has 0 aromatic heterocycles. The first kappa shape index (κ1) is 15.3. The summed E-state index contributed by atoms with van der Waals surface area (Å²) in [6.07, 6.45) is 0.542. The molecular formula is C19H20O2. The zero-order valence-corrected chi connectivity index (χ0v) is 12.3. The number of benzene rings is 2. The van der Waals surface area contributed by atoms with E-state index in [1.165, 1.54) is 5.56 Å². The van der Waals surface area contributed by atoms with Crippen molar-refractivity contribution in [1.29, 1.82) is 0 Å². The van der Waals surface area contributed by atoms with Gasteiger partial charge < -0.3 is 9.84 Å². The standard InChI is InChI=1S/C19H20O2/c1-16(17-9-3-2-4-10-17)21-15-19-13-6-5-11-18(19)12-7-8-14-20/h2-6,9-11,13,16,20H,8,14-15H2,1H3. The molecule has 0 aliphatic heterocycles. The van der Waals surface area contributed by atoms with Gasteiger partial charge in [-0.1, -0.05) is 60.4 Å². The van der Waals surface area contributed by atoms with Crippen molar-refractivity contribution in [3.8, 4) is 11.8 Å². The molecule has 0 radical (unpaired) electrons. The van der Waals surface area contributed by atoms with E-state index in [9.17, 15) is 0 Å². The van der Waals surface area contributed by atoms with Gasteiger partial charge in [0.25, 0.3) is 0 Å². The molecule has 0 saturated carbocycles. The fraction of sp³-hybridized carbons (Fsp3) is 0.263. The molecule has 2 aromatic carbocycles. The topological polar surface area (TPSA) is 29.5 Å². The van der Waals surface area contributed by atoms with E-state index >= 15 is 0 Å². The molecule has 2 heteroatoms. The van der Waals surface area contributed by atoms with Crippen molar-refractivity contribution in [2.45, 2.75) is 26.1 Å². The summed E-state index contributed by atoms with van der Waals surface area (Å²) in [4.78, 5) is 0. The highest BCUT2D eigenvalue weighted by Crippen LogP contribution is 2.19. The van der Waals surface area contributed by atoms with Gasteiger partial charge in [0.05, 0.1) is 19.3 Å². The molecule has 1 unspecified atom stereocenters. The predicted molar refractivity (Wildman–Crippen MR) is 84.7 cm³/mol. The van der Waals surface area contributed by atoms with Crippen molar-refractivity contribution in [1.82, 2.24) is 0 Å². The molecule has 0 heterocycles. The summed E-state index contributed by atoms with van der Waals surface area (Å²) in [5.74, 6) is 6.04. The normalized spacial score (nSPS) is 11.5. The average Bonchev–Trinajstić information content (AvgIpc) is 2.54. The summed E-state index contributed by atoms with van der Waals surface area (Å²) in [5, 5.41) is 8.79. The molecule has 0 spiro atoms. The van der Waals surface area contributed by atoms with Crippen LogP contribution in [0.1, 0.15) is 36.1 Å². The van der Waals surface area contributed by atoms with Gasteiger partial charge in [0.2, 0.25) is 0 Å². The zero-order valence-electron chi connectivity index (χ0n) is 12.3. The van der Waals surface area contributed by atoms with Crippen LogP contribution in [0.5, 0.6) is 0 Å². The van der Waals surface area contributed by atoms with Gasteiger partial charge in [-0.2, -0.15) is 0 Å². The highest BCUT2D eigenvalue weighted by molar-refractivity contribution is 5.41. The lowest BCUT2D eigenvalue weighted by atomic mass is 10.1. The van der Waals surface area contributed by atoms with Crippen molar-refractivity contribution < 1.29 is 9.84 Å². The van der Waals surface area contributed by atoms with E-state index in [1.807, 2.05) is 42.5 Å². The molecule has 2 aromatic rings. The maximum Gasteiger partial charge on any atom is 0.0801 e. The number of hydrogen-bond donors (Lipinski definition) is 1. The molecule has 0 saturated heterocycles. The Morgan fingerprint density at radius 1 is 1.05 bits per heavy atom. The summed E-state index contributed by atoms with van der Waals surface area (Å²) < 4.78 is 5.94. The largest absolute Gasteiger partial charge is 0.395 e. The Morgan fingerprint density at radius 3 is 2.52 bits per heavy atom. The van der Waals surface area contributed by atoms with Crippen molar-refractivity contribution in [2.24, 2.45) is 0 Å². The summed E-state index contributed by atoms with van der Waals surface area (Å²) in [6.45, 7) is 2.67. The van der Waals surface area contributed by atoms with Crippen LogP contribution in [0, 0.1) is 11.8 Å². The van der Waals surface area contributed by atoms with E-state index in [-0.39, 0.29) is 12.7 Å². The smallest absolute Gasteiger partial charge is 0.0801 e. The van der Waals surface area contributed by atoms with Crippen LogP contribution in [0.2, 0.25) is 0 Å². The van der Waals surface area contributed by atoms with Crippen molar-refractivity contribution in [3.05, 3.63) is 71.3 Å². The van der Waals surface area contributed by atoms with Crippen molar-refractivity contribution in [2.75, 3.05) is 6.61 Å². The molecule has 0 bridgehead atoms. The molecule has 21 heavy (non-hydrogen) atoms. The summed E-state index contributed by atoms with van der Waals surface area (Å²) >= 11 is 0. The third kappa shape index (κ3) is 4.75. The molecule has 2 nitrogen and oxygen atoms in total. The Hall–Kier alpha value is -2.08. The highest BCUT2D eigenvalue weighted by Gasteiger charge is 2.06. The van der Waals surface area contributed by atoms with Gasteiger partial charge in [-0.05, 0) is 24.1 Å². The molecule has 0 aliphatic rings. The minimum Gasteiger partial charge on any atom is -0.395 e. The van der Waals surface area contributed by atoms with Crippen LogP contribution in [0.3, 0.4) is 0 Å². The Balaban J connectivity index is 2.02. The second-order valence-corrected chi connectivity index (χ2v) is 4.80. The minimum absolute atomic E-state index is 0.0460. The summed E-state index contributed by atoms with van der Waals surface area (Å²) in [7, 11) is 0. The van der Waals surface area contributed by atoms with Crippen LogP contribution in [0.15, 0.2) is 54.6 Å². The fourth-order valence-electron chi connectivity index (χ4n) is 2.02. The third-order valence-electron chi connectivity index (χ3n) is 3.24. The summed E-state index contributed by atoms with van der Waals surface area (Å²) in [5.41, 5.74) is 3.21. The first-order valence-corrected chi connectivity index (χ1v) is 7.15. The van der Waals surface area contributed by atoms with Crippen molar-refractivity contribution in [3.63, 3.8) is 0 Å². The van der Waals surface area contributed by atoms with Gasteiger partial charge in [0.15, 0.2) is 0 Å². The second kappa shape index (κ2) is 8.26. The lowest BCUT2D eigenvalue weighted by Crippen LogP contribution is -2.01. The number of rotatable bonds is 5. The number of ether oxygens (including phenoxy) is 1. The monoisotopic (exact) mass is 280 g/mol. The zero-order chi connectivity index (χ0) is 14.9. The van der Waals surface area contributed by atoms with Crippen LogP contribution < -0.4 is 0 Å². The molecule has 0 aliphatic carbocycles. The van der Waals surface area contributed by atoms with Crippen LogP contribution in [0.4, 0.5) is 0 Å². The maximum atomic E-state index is 8.79. The quantitative estimate of drug-likeness (QED) is 0.846. The highest BCUT2D eigenvalue weighted by atomic mass is 16.5. The van der Waals surface area contributed by atoms with Crippen LogP contribution in [-0.4, -0.2) is 11.7 Å². The Labute approximate surface area is 126 Å². The van der Waals surface area contributed by atoms with Crippen LogP contribution in [0.25, 0.3) is 0 Å². The van der Waals surface area contributed by atoms with Gasteiger partial charge in [0, 0.05) is 12.0 Å². The first-order chi connectivity index (χ1) is 10.3. The van der Waals surface area contributed by atoms with E-state index in [2.05, 4.69) is 30.9 Å². The van der Waals surface area contributed by atoms with E-state index in [0.717, 1.165) is 11.1 Å². The molecule has 1 atom stereocenters. The Morgan fingerprint density at radius 2 is 1.76 bits per heavy atom. The van der Waals surface area contributed by atoms with Crippen molar-refractivity contribution >= 4 is 0 Å². The van der Waals surface area contributed by atoms with Gasteiger partial charge >= 0.3 is 0 Å². The van der Waals surface area contributed by atoms with Crippen LogP contribution >= 0.6 is 0 Å². The lowest BCUT2D eigenvalue weighted by molar-refractivity contribution is 0.0524. The minimum atomic E-state index is 0.0460. The molecule has 0 fully saturated rings. The molecule has 1 N–H and O–H groups in total. The van der Waals surface area contributed by atoms with Gasteiger partial charge in [-0.15, -0.1) is 0 Å². The maximum absolute atomic E-state index is 8.79. The predicted octanol–water partition coefficient (Wildman–Crippen LogP) is 3.70. The fourth-order valence-corrected chi connectivity index (χ4v) is 2.02. The van der Waals surface area contributed by atoms with E-state index in [4.69, 9.17) is 9.84 Å². The molecule has 0 amide bonds. The Bertz CT molecular complexity index is 608. The number of hydrogen-bond acceptors (Lipinski definition) is 2. The third-order valence-corrected chi connectivity index (χ3v) is 3.24. The molecule has 108 valence electrons. The molecular weight excluding hydrogens is 260 g/mol. The lowest BCUT2D eigenvalue weighted by Gasteiger charge is -2.14. The molecule has 2 rings (SSSR count).